The van der Waals surface area contributed by atoms with E-state index in [2.05, 4.69) is 16.0 Å². The van der Waals surface area contributed by atoms with Crippen LogP contribution in [0.25, 0.3) is 10.2 Å². The molecule has 1 aliphatic heterocycles. The first-order valence-electron chi connectivity index (χ1n) is 8.43. The number of carbonyl (C=O) groups excluding carboxylic acids is 1. The van der Waals surface area contributed by atoms with Crippen molar-refractivity contribution in [1.29, 1.82) is 0 Å². The summed E-state index contributed by atoms with van der Waals surface area (Å²) in [4.78, 5) is 19.4. The highest BCUT2D eigenvalue weighted by atomic mass is 32.1. The van der Waals surface area contributed by atoms with Crippen LogP contribution in [0.5, 0.6) is 0 Å². The fourth-order valence-corrected chi connectivity index (χ4v) is 4.99. The lowest BCUT2D eigenvalue weighted by molar-refractivity contribution is -0.136. The molecule has 2 fully saturated rings. The summed E-state index contributed by atoms with van der Waals surface area (Å²) in [6, 6.07) is 8.73. The van der Waals surface area contributed by atoms with Gasteiger partial charge in [-0.3, -0.25) is 4.79 Å². The predicted molar refractivity (Wildman–Crippen MR) is 96.7 cm³/mol. The fourth-order valence-electron chi connectivity index (χ4n) is 4.02. The molecule has 3 nitrogen and oxygen atoms in total. The highest BCUT2D eigenvalue weighted by Crippen LogP contribution is 2.35. The Hall–Kier alpha value is -1.42. The first kappa shape index (κ1) is 16.4. The first-order valence-corrected chi connectivity index (χ1v) is 9.25. The summed E-state index contributed by atoms with van der Waals surface area (Å²) >= 11 is 1.72. The van der Waals surface area contributed by atoms with Crippen LogP contribution in [0.2, 0.25) is 0 Å². The minimum Gasteiger partial charge on any atom is -0.340 e. The standard InChI is InChI=1S/C18H22N2OS.CH4/c21-18(20-11-10-13-4-3-5-14(20)12-13)9-8-17-19-15-6-1-2-7-16(15)22-17;/h1-2,6-7,13-14H,3-5,8-12H2;1H4. The predicted octanol–water partition coefficient (Wildman–Crippen LogP) is 4.66. The van der Waals surface area contributed by atoms with E-state index in [0.717, 1.165) is 29.4 Å². The van der Waals surface area contributed by atoms with Gasteiger partial charge in [0.15, 0.2) is 0 Å². The number of likely N-dealkylation sites (tertiary alicyclic amines) is 1. The Bertz CT molecular complexity index is 648. The van der Waals surface area contributed by atoms with Crippen LogP contribution in [0.15, 0.2) is 24.3 Å². The second-order valence-corrected chi connectivity index (χ2v) is 7.75. The Morgan fingerprint density at radius 1 is 1.26 bits per heavy atom. The van der Waals surface area contributed by atoms with Crippen molar-refractivity contribution < 1.29 is 4.79 Å². The molecule has 0 spiro atoms. The van der Waals surface area contributed by atoms with Crippen molar-refractivity contribution in [2.75, 3.05) is 6.54 Å². The van der Waals surface area contributed by atoms with Gasteiger partial charge in [0.2, 0.25) is 5.91 Å². The van der Waals surface area contributed by atoms with Gasteiger partial charge in [-0.25, -0.2) is 4.98 Å². The van der Waals surface area contributed by atoms with Crippen LogP contribution in [0.3, 0.4) is 0 Å². The quantitative estimate of drug-likeness (QED) is 0.820. The summed E-state index contributed by atoms with van der Waals surface area (Å²) in [5.41, 5.74) is 1.06. The van der Waals surface area contributed by atoms with Gasteiger partial charge in [0.1, 0.15) is 0 Å². The van der Waals surface area contributed by atoms with E-state index in [1.54, 1.807) is 11.3 Å². The molecule has 2 aromatic rings. The van der Waals surface area contributed by atoms with Crippen LogP contribution in [0.1, 0.15) is 51.0 Å². The van der Waals surface area contributed by atoms with Gasteiger partial charge in [0.25, 0.3) is 0 Å². The zero-order valence-electron chi connectivity index (χ0n) is 12.8. The molecule has 124 valence electrons. The highest BCUT2D eigenvalue weighted by molar-refractivity contribution is 7.18. The Morgan fingerprint density at radius 3 is 3.00 bits per heavy atom. The van der Waals surface area contributed by atoms with E-state index >= 15 is 0 Å². The highest BCUT2D eigenvalue weighted by Gasteiger charge is 2.33. The average Bonchev–Trinajstić information content (AvgIpc) is 2.96. The van der Waals surface area contributed by atoms with Crippen LogP contribution in [-0.4, -0.2) is 28.4 Å². The third-order valence-corrected chi connectivity index (χ3v) is 6.28. The van der Waals surface area contributed by atoms with Crippen LogP contribution in [0.4, 0.5) is 0 Å². The van der Waals surface area contributed by atoms with E-state index in [-0.39, 0.29) is 7.43 Å². The summed E-state index contributed by atoms with van der Waals surface area (Å²) in [5, 5.41) is 1.09. The SMILES string of the molecule is C.O=C(CCc1nc2ccccc2s1)N1CCC2CCCC1C2. The summed E-state index contributed by atoms with van der Waals surface area (Å²) in [6.45, 7) is 0.980. The number of hydrogen-bond acceptors (Lipinski definition) is 3. The van der Waals surface area contributed by atoms with Crippen LogP contribution < -0.4 is 0 Å². The van der Waals surface area contributed by atoms with Gasteiger partial charge in [-0.15, -0.1) is 11.3 Å². The Labute approximate surface area is 142 Å². The summed E-state index contributed by atoms with van der Waals surface area (Å²) in [7, 11) is 0. The van der Waals surface area contributed by atoms with E-state index in [4.69, 9.17) is 0 Å². The maximum atomic E-state index is 12.6. The molecule has 4 rings (SSSR count). The summed E-state index contributed by atoms with van der Waals surface area (Å²) < 4.78 is 1.22. The molecule has 1 aliphatic carbocycles. The number of aromatic nitrogens is 1. The zero-order valence-corrected chi connectivity index (χ0v) is 13.6. The molecule has 0 N–H and O–H groups in total. The molecule has 1 saturated carbocycles. The molecule has 0 radical (unpaired) electrons. The summed E-state index contributed by atoms with van der Waals surface area (Å²) in [6.07, 6.45) is 7.74. The molecular formula is C19H26N2OS. The molecule has 23 heavy (non-hydrogen) atoms. The van der Waals surface area contributed by atoms with Gasteiger partial charge in [0.05, 0.1) is 15.2 Å². The Balaban J connectivity index is 0.00000156. The molecule has 1 saturated heterocycles. The second-order valence-electron chi connectivity index (χ2n) is 6.64. The Kier molecular flexibility index (Phi) is 5.00. The fraction of sp³-hybridized carbons (Fsp3) is 0.579. The maximum Gasteiger partial charge on any atom is 0.223 e. The molecular weight excluding hydrogens is 304 g/mol. The molecule has 2 atom stereocenters. The van der Waals surface area contributed by atoms with Crippen molar-refractivity contribution in [2.45, 2.75) is 58.4 Å². The first-order chi connectivity index (χ1) is 10.8. The number of rotatable bonds is 3. The number of aryl methyl sites for hydroxylation is 1. The molecule has 1 aromatic carbocycles. The molecule has 1 amide bonds. The van der Waals surface area contributed by atoms with Crippen molar-refractivity contribution >= 4 is 27.5 Å². The number of carbonyl (C=O) groups is 1. The van der Waals surface area contributed by atoms with Crippen molar-refractivity contribution in [1.82, 2.24) is 9.88 Å². The van der Waals surface area contributed by atoms with Gasteiger partial charge in [-0.1, -0.05) is 32.4 Å². The smallest absolute Gasteiger partial charge is 0.223 e. The number of benzene rings is 1. The molecule has 4 heteroatoms. The second kappa shape index (κ2) is 7.00. The third kappa shape index (κ3) is 3.42. The largest absolute Gasteiger partial charge is 0.340 e. The minimum atomic E-state index is 0. The van der Waals surface area contributed by atoms with E-state index in [0.29, 0.717) is 18.4 Å². The van der Waals surface area contributed by atoms with E-state index in [9.17, 15) is 4.79 Å². The van der Waals surface area contributed by atoms with Crippen molar-refractivity contribution in [2.24, 2.45) is 5.92 Å². The van der Waals surface area contributed by atoms with E-state index in [1.165, 1.54) is 36.8 Å². The molecule has 2 aliphatic rings. The van der Waals surface area contributed by atoms with Crippen molar-refractivity contribution in [3.63, 3.8) is 0 Å². The van der Waals surface area contributed by atoms with Crippen molar-refractivity contribution in [3.8, 4) is 0 Å². The lowest BCUT2D eigenvalue weighted by atomic mass is 9.79. The van der Waals surface area contributed by atoms with Crippen molar-refractivity contribution in [3.05, 3.63) is 29.3 Å². The normalized spacial score (nSPS) is 23.6. The maximum absolute atomic E-state index is 12.6. The van der Waals surface area contributed by atoms with Gasteiger partial charge in [-0.2, -0.15) is 0 Å². The number of para-hydroxylation sites is 1. The number of fused-ring (bicyclic) bond motifs is 3. The van der Waals surface area contributed by atoms with Gasteiger partial charge < -0.3 is 4.90 Å². The van der Waals surface area contributed by atoms with Crippen LogP contribution in [0, 0.1) is 5.92 Å². The van der Waals surface area contributed by atoms with Gasteiger partial charge in [-0.05, 0) is 37.3 Å². The van der Waals surface area contributed by atoms with E-state index < -0.39 is 0 Å². The average molecular weight is 330 g/mol. The van der Waals surface area contributed by atoms with Gasteiger partial charge in [0, 0.05) is 25.4 Å². The third-order valence-electron chi connectivity index (χ3n) is 5.19. The number of thiazole rings is 1. The molecule has 2 heterocycles. The van der Waals surface area contributed by atoms with Crippen LogP contribution >= 0.6 is 11.3 Å². The van der Waals surface area contributed by atoms with Gasteiger partial charge >= 0.3 is 0 Å². The Morgan fingerprint density at radius 2 is 2.13 bits per heavy atom. The topological polar surface area (TPSA) is 33.2 Å². The number of amides is 1. The number of piperidine rings is 1. The summed E-state index contributed by atoms with van der Waals surface area (Å²) in [5.74, 6) is 1.22. The minimum absolute atomic E-state index is 0. The van der Waals surface area contributed by atoms with Crippen LogP contribution in [-0.2, 0) is 11.2 Å². The number of nitrogens with zero attached hydrogens (tertiary/aromatic N) is 2. The molecule has 1 aromatic heterocycles. The monoisotopic (exact) mass is 330 g/mol. The number of hydrogen-bond donors (Lipinski definition) is 0. The molecule has 2 unspecified atom stereocenters. The lowest BCUT2D eigenvalue weighted by Crippen LogP contribution is -2.48. The zero-order chi connectivity index (χ0) is 14.9. The molecule has 2 bridgehead atoms. The van der Waals surface area contributed by atoms with E-state index in [1.807, 2.05) is 18.2 Å². The lowest BCUT2D eigenvalue weighted by Gasteiger charge is -2.43.